The van der Waals surface area contributed by atoms with Crippen molar-refractivity contribution in [1.29, 1.82) is 0 Å². The number of aryl methyl sites for hydroxylation is 1. The minimum atomic E-state index is 0.687. The van der Waals surface area contributed by atoms with E-state index in [1.54, 1.807) is 0 Å². The molecule has 0 unspecified atom stereocenters. The lowest BCUT2D eigenvalue weighted by molar-refractivity contribution is 0.959. The zero-order valence-corrected chi connectivity index (χ0v) is 12.5. The summed E-state index contributed by atoms with van der Waals surface area (Å²) in [6.45, 7) is 0. The molecular formula is C14H11BrClN3. The molecule has 0 radical (unpaired) electrons. The standard InChI is InChI=1S/C14H11BrClN3/c1-19-13-5-3-9(16)7-12(13)18-14(19)8-2-4-10(15)11(17)6-8/h2-7H,17H2,1H3. The maximum atomic E-state index is 6.00. The number of anilines is 1. The molecule has 0 atom stereocenters. The van der Waals surface area contributed by atoms with E-state index in [4.69, 9.17) is 17.3 Å². The topological polar surface area (TPSA) is 43.8 Å². The zero-order valence-electron chi connectivity index (χ0n) is 10.2. The number of aromatic nitrogens is 2. The number of hydrogen-bond donors (Lipinski definition) is 1. The van der Waals surface area contributed by atoms with E-state index in [0.29, 0.717) is 10.7 Å². The van der Waals surface area contributed by atoms with Gasteiger partial charge in [0.2, 0.25) is 0 Å². The molecule has 2 N–H and O–H groups in total. The van der Waals surface area contributed by atoms with Crippen LogP contribution in [0.4, 0.5) is 5.69 Å². The number of fused-ring (bicyclic) bond motifs is 1. The first-order valence-electron chi connectivity index (χ1n) is 5.73. The smallest absolute Gasteiger partial charge is 0.140 e. The lowest BCUT2D eigenvalue weighted by Gasteiger charge is -2.04. The molecule has 0 aliphatic heterocycles. The summed E-state index contributed by atoms with van der Waals surface area (Å²) in [5.74, 6) is 0.872. The van der Waals surface area contributed by atoms with Crippen molar-refractivity contribution in [2.75, 3.05) is 5.73 Å². The Balaban J connectivity index is 2.24. The molecule has 0 fully saturated rings. The van der Waals surface area contributed by atoms with E-state index in [1.165, 1.54) is 0 Å². The van der Waals surface area contributed by atoms with Crippen LogP contribution < -0.4 is 5.73 Å². The highest BCUT2D eigenvalue weighted by Gasteiger charge is 2.11. The first-order chi connectivity index (χ1) is 9.06. The number of imidazole rings is 1. The first kappa shape index (κ1) is 12.5. The fraction of sp³-hybridized carbons (Fsp3) is 0.0714. The van der Waals surface area contributed by atoms with Gasteiger partial charge in [-0.2, -0.15) is 0 Å². The summed E-state index contributed by atoms with van der Waals surface area (Å²) in [5.41, 5.74) is 9.52. The second-order valence-electron chi connectivity index (χ2n) is 4.36. The Morgan fingerprint density at radius 2 is 2.00 bits per heavy atom. The van der Waals surface area contributed by atoms with Crippen molar-refractivity contribution in [3.05, 3.63) is 45.9 Å². The lowest BCUT2D eigenvalue weighted by Crippen LogP contribution is -1.94. The molecule has 1 heterocycles. The Labute approximate surface area is 124 Å². The number of halogens is 2. The number of nitrogens with zero attached hydrogens (tertiary/aromatic N) is 2. The van der Waals surface area contributed by atoms with Crippen LogP contribution in [0.1, 0.15) is 0 Å². The normalized spacial score (nSPS) is 11.1. The third-order valence-electron chi connectivity index (χ3n) is 3.10. The van der Waals surface area contributed by atoms with Crippen molar-refractivity contribution in [2.24, 2.45) is 7.05 Å². The van der Waals surface area contributed by atoms with Gasteiger partial charge in [-0.1, -0.05) is 11.6 Å². The Morgan fingerprint density at radius 3 is 2.74 bits per heavy atom. The zero-order chi connectivity index (χ0) is 13.6. The van der Waals surface area contributed by atoms with Gasteiger partial charge in [-0.25, -0.2) is 4.98 Å². The Hall–Kier alpha value is -1.52. The third-order valence-corrected chi connectivity index (χ3v) is 4.05. The number of benzene rings is 2. The number of nitrogen functional groups attached to an aromatic ring is 1. The van der Waals surface area contributed by atoms with Gasteiger partial charge in [0.25, 0.3) is 0 Å². The van der Waals surface area contributed by atoms with Crippen LogP contribution in [0.2, 0.25) is 5.02 Å². The van der Waals surface area contributed by atoms with Gasteiger partial charge in [0.15, 0.2) is 0 Å². The number of hydrogen-bond acceptors (Lipinski definition) is 2. The number of nitrogens with two attached hydrogens (primary N) is 1. The second kappa shape index (κ2) is 4.54. The molecule has 0 amide bonds. The van der Waals surface area contributed by atoms with E-state index in [2.05, 4.69) is 20.9 Å². The second-order valence-corrected chi connectivity index (χ2v) is 5.65. The lowest BCUT2D eigenvalue weighted by atomic mass is 10.2. The fourth-order valence-electron chi connectivity index (χ4n) is 2.11. The van der Waals surface area contributed by atoms with Crippen LogP contribution in [0.25, 0.3) is 22.4 Å². The molecule has 0 bridgehead atoms. The largest absolute Gasteiger partial charge is 0.398 e. The van der Waals surface area contributed by atoms with Crippen LogP contribution in [-0.2, 0) is 7.05 Å². The monoisotopic (exact) mass is 335 g/mol. The highest BCUT2D eigenvalue weighted by molar-refractivity contribution is 9.10. The minimum Gasteiger partial charge on any atom is -0.398 e. The van der Waals surface area contributed by atoms with Crippen molar-refractivity contribution < 1.29 is 0 Å². The van der Waals surface area contributed by atoms with Gasteiger partial charge in [-0.3, -0.25) is 0 Å². The molecule has 19 heavy (non-hydrogen) atoms. The first-order valence-corrected chi connectivity index (χ1v) is 6.91. The van der Waals surface area contributed by atoms with E-state index in [0.717, 1.165) is 26.9 Å². The van der Waals surface area contributed by atoms with Gasteiger partial charge in [-0.15, -0.1) is 0 Å². The quantitative estimate of drug-likeness (QED) is 0.676. The van der Waals surface area contributed by atoms with Crippen molar-refractivity contribution in [3.8, 4) is 11.4 Å². The van der Waals surface area contributed by atoms with Crippen LogP contribution in [0.5, 0.6) is 0 Å². The molecule has 3 nitrogen and oxygen atoms in total. The van der Waals surface area contributed by atoms with Gasteiger partial charge >= 0.3 is 0 Å². The average molecular weight is 337 g/mol. The minimum absolute atomic E-state index is 0.687. The van der Waals surface area contributed by atoms with Crippen molar-refractivity contribution in [2.45, 2.75) is 0 Å². The summed E-state index contributed by atoms with van der Waals surface area (Å²) >= 11 is 9.39. The van der Waals surface area contributed by atoms with Gasteiger partial charge in [0.1, 0.15) is 5.82 Å². The molecular weight excluding hydrogens is 326 g/mol. The summed E-state index contributed by atoms with van der Waals surface area (Å²) in [5, 5.41) is 0.687. The van der Waals surface area contributed by atoms with Gasteiger partial charge < -0.3 is 10.3 Å². The van der Waals surface area contributed by atoms with Crippen LogP contribution in [0, 0.1) is 0 Å². The maximum Gasteiger partial charge on any atom is 0.140 e. The Bertz CT molecular complexity index is 780. The fourth-order valence-corrected chi connectivity index (χ4v) is 2.53. The van der Waals surface area contributed by atoms with Gasteiger partial charge in [0.05, 0.1) is 11.0 Å². The van der Waals surface area contributed by atoms with Crippen LogP contribution >= 0.6 is 27.5 Å². The predicted octanol–water partition coefficient (Wildman–Crippen LogP) is 4.24. The number of rotatable bonds is 1. The predicted molar refractivity (Wildman–Crippen MR) is 83.3 cm³/mol. The molecule has 2 aromatic carbocycles. The molecule has 3 rings (SSSR count). The molecule has 0 saturated carbocycles. The maximum absolute atomic E-state index is 6.00. The summed E-state index contributed by atoms with van der Waals surface area (Å²) < 4.78 is 2.92. The highest BCUT2D eigenvalue weighted by atomic mass is 79.9. The summed E-state index contributed by atoms with van der Waals surface area (Å²) in [6, 6.07) is 11.5. The van der Waals surface area contributed by atoms with Crippen molar-refractivity contribution in [1.82, 2.24) is 9.55 Å². The summed E-state index contributed by atoms with van der Waals surface area (Å²) in [7, 11) is 1.98. The van der Waals surface area contributed by atoms with Gasteiger partial charge in [-0.05, 0) is 52.3 Å². The average Bonchev–Trinajstić information content (AvgIpc) is 2.70. The molecule has 96 valence electrons. The van der Waals surface area contributed by atoms with Crippen LogP contribution in [0.3, 0.4) is 0 Å². The molecule has 0 aliphatic carbocycles. The Morgan fingerprint density at radius 1 is 1.21 bits per heavy atom. The van der Waals surface area contributed by atoms with Crippen molar-refractivity contribution >= 4 is 44.3 Å². The van der Waals surface area contributed by atoms with E-state index in [1.807, 2.05) is 48.0 Å². The molecule has 3 aromatic rings. The molecule has 1 aromatic heterocycles. The van der Waals surface area contributed by atoms with Gasteiger partial charge in [0, 0.05) is 27.8 Å². The van der Waals surface area contributed by atoms with Crippen molar-refractivity contribution in [3.63, 3.8) is 0 Å². The van der Waals surface area contributed by atoms with Crippen LogP contribution in [0.15, 0.2) is 40.9 Å². The van der Waals surface area contributed by atoms with E-state index in [-0.39, 0.29) is 0 Å². The molecule has 0 saturated heterocycles. The Kier molecular flexibility index (Phi) is 2.99. The van der Waals surface area contributed by atoms with Crippen LogP contribution in [-0.4, -0.2) is 9.55 Å². The molecule has 0 spiro atoms. The summed E-state index contributed by atoms with van der Waals surface area (Å²) in [6.07, 6.45) is 0. The summed E-state index contributed by atoms with van der Waals surface area (Å²) in [4.78, 5) is 4.62. The third kappa shape index (κ3) is 2.11. The highest BCUT2D eigenvalue weighted by Crippen LogP contribution is 2.29. The SMILES string of the molecule is Cn1c(-c2ccc(Br)c(N)c2)nc2cc(Cl)ccc21. The molecule has 5 heteroatoms. The molecule has 0 aliphatic rings. The van der Waals surface area contributed by atoms with E-state index < -0.39 is 0 Å². The van der Waals surface area contributed by atoms with E-state index >= 15 is 0 Å². The van der Waals surface area contributed by atoms with E-state index in [9.17, 15) is 0 Å².